The van der Waals surface area contributed by atoms with Crippen LogP contribution in [-0.4, -0.2) is 29.0 Å². The van der Waals surface area contributed by atoms with Crippen LogP contribution in [0.25, 0.3) is 0 Å². The van der Waals surface area contributed by atoms with Gasteiger partial charge < -0.3 is 15.4 Å². The summed E-state index contributed by atoms with van der Waals surface area (Å²) in [6, 6.07) is 8.92. The number of nitrogens with zero attached hydrogens (tertiary/aromatic N) is 5. The third kappa shape index (κ3) is 3.32. The average Bonchev–Trinajstić information content (AvgIpc) is 2.44. The number of nitrogens with two attached hydrogens (primary N) is 1. The fraction of sp³-hybridized carbons (Fsp3) is 0.231. The largest absolute Gasteiger partial charge is 0.486 e. The van der Waals surface area contributed by atoms with Crippen molar-refractivity contribution < 1.29 is 4.74 Å². The molecule has 2 aromatic rings. The van der Waals surface area contributed by atoms with Gasteiger partial charge in [-0.1, -0.05) is 6.07 Å². The summed E-state index contributed by atoms with van der Waals surface area (Å²) >= 11 is 0. The molecular formula is C13H14N6O. The summed E-state index contributed by atoms with van der Waals surface area (Å²) < 4.78 is 5.55. The fourth-order valence-electron chi connectivity index (χ4n) is 1.49. The zero-order valence-corrected chi connectivity index (χ0v) is 11.2. The van der Waals surface area contributed by atoms with Gasteiger partial charge in [0.25, 0.3) is 0 Å². The Bertz CT molecular complexity index is 650. The molecule has 0 saturated carbocycles. The van der Waals surface area contributed by atoms with Gasteiger partial charge >= 0.3 is 0 Å². The highest BCUT2D eigenvalue weighted by Crippen LogP contribution is 2.14. The van der Waals surface area contributed by atoms with Crippen LogP contribution in [0.1, 0.15) is 11.4 Å². The summed E-state index contributed by atoms with van der Waals surface area (Å²) in [6.07, 6.45) is 0. The summed E-state index contributed by atoms with van der Waals surface area (Å²) in [6.45, 7) is 0.155. The van der Waals surface area contributed by atoms with E-state index in [4.69, 9.17) is 15.7 Å². The van der Waals surface area contributed by atoms with Crippen molar-refractivity contribution >= 4 is 11.9 Å². The van der Waals surface area contributed by atoms with E-state index in [1.807, 2.05) is 14.1 Å². The Kier molecular flexibility index (Phi) is 3.96. The van der Waals surface area contributed by atoms with E-state index < -0.39 is 0 Å². The van der Waals surface area contributed by atoms with Crippen LogP contribution >= 0.6 is 0 Å². The molecule has 0 aliphatic rings. The number of ether oxygens (including phenoxy) is 1. The topological polar surface area (TPSA) is 101 Å². The minimum absolute atomic E-state index is 0.146. The van der Waals surface area contributed by atoms with Gasteiger partial charge in [-0.05, 0) is 18.2 Å². The fourth-order valence-corrected chi connectivity index (χ4v) is 1.49. The second-order valence-electron chi connectivity index (χ2n) is 4.23. The Morgan fingerprint density at radius 1 is 1.30 bits per heavy atom. The predicted octanol–water partition coefficient (Wildman–Crippen LogP) is 0.970. The summed E-state index contributed by atoms with van der Waals surface area (Å²) in [7, 11) is 3.63. The summed E-state index contributed by atoms with van der Waals surface area (Å²) in [5.74, 6) is 1.63. The van der Waals surface area contributed by atoms with Crippen molar-refractivity contribution in [1.29, 1.82) is 5.26 Å². The van der Waals surface area contributed by atoms with Gasteiger partial charge in [0.2, 0.25) is 11.9 Å². The first-order valence-electron chi connectivity index (χ1n) is 5.89. The van der Waals surface area contributed by atoms with E-state index in [-0.39, 0.29) is 12.6 Å². The Morgan fingerprint density at radius 3 is 2.80 bits per heavy atom. The van der Waals surface area contributed by atoms with Gasteiger partial charge in [0, 0.05) is 14.1 Å². The van der Waals surface area contributed by atoms with Crippen molar-refractivity contribution in [3.63, 3.8) is 0 Å². The highest BCUT2D eigenvalue weighted by Gasteiger charge is 2.07. The second kappa shape index (κ2) is 5.84. The first-order chi connectivity index (χ1) is 9.58. The van der Waals surface area contributed by atoms with E-state index in [0.717, 1.165) is 0 Å². The number of nitrogen functional groups attached to an aromatic ring is 1. The molecule has 0 aliphatic carbocycles. The van der Waals surface area contributed by atoms with Crippen LogP contribution in [0.5, 0.6) is 5.75 Å². The van der Waals surface area contributed by atoms with Gasteiger partial charge in [-0.3, -0.25) is 0 Å². The van der Waals surface area contributed by atoms with Crippen LogP contribution in [0, 0.1) is 11.3 Å². The monoisotopic (exact) mass is 270 g/mol. The molecule has 2 N–H and O–H groups in total. The van der Waals surface area contributed by atoms with Crippen LogP contribution < -0.4 is 15.4 Å². The highest BCUT2D eigenvalue weighted by molar-refractivity contribution is 5.36. The van der Waals surface area contributed by atoms with E-state index in [0.29, 0.717) is 23.1 Å². The lowest BCUT2D eigenvalue weighted by Gasteiger charge is -2.11. The molecule has 0 saturated heterocycles. The van der Waals surface area contributed by atoms with E-state index in [9.17, 15) is 0 Å². The second-order valence-corrected chi connectivity index (χ2v) is 4.23. The molecule has 0 spiro atoms. The number of nitriles is 1. The standard InChI is InChI=1S/C13H14N6O/c1-19(2)13-17-11(16-12(15)18-13)8-20-10-5-3-4-9(6-10)7-14/h3-6H,8H2,1-2H3,(H2,15,16,17,18). The molecule has 0 bridgehead atoms. The zero-order chi connectivity index (χ0) is 14.5. The van der Waals surface area contributed by atoms with Gasteiger partial charge in [0.15, 0.2) is 5.82 Å². The van der Waals surface area contributed by atoms with Gasteiger partial charge in [-0.2, -0.15) is 20.2 Å². The number of hydrogen-bond donors (Lipinski definition) is 1. The van der Waals surface area contributed by atoms with Crippen LogP contribution in [0.4, 0.5) is 11.9 Å². The maximum absolute atomic E-state index is 8.82. The zero-order valence-electron chi connectivity index (χ0n) is 11.2. The van der Waals surface area contributed by atoms with Crippen molar-refractivity contribution in [3.05, 3.63) is 35.7 Å². The number of anilines is 2. The van der Waals surface area contributed by atoms with Crippen LogP contribution in [0.2, 0.25) is 0 Å². The van der Waals surface area contributed by atoms with Crippen molar-refractivity contribution in [2.75, 3.05) is 24.7 Å². The number of rotatable bonds is 4. The molecule has 7 nitrogen and oxygen atoms in total. The van der Waals surface area contributed by atoms with Crippen molar-refractivity contribution in [2.24, 2.45) is 0 Å². The maximum Gasteiger partial charge on any atom is 0.230 e. The number of hydrogen-bond acceptors (Lipinski definition) is 7. The SMILES string of the molecule is CN(C)c1nc(N)nc(COc2cccc(C#N)c2)n1. The third-order valence-electron chi connectivity index (χ3n) is 2.42. The van der Waals surface area contributed by atoms with Crippen LogP contribution in [-0.2, 0) is 6.61 Å². The lowest BCUT2D eigenvalue weighted by molar-refractivity contribution is 0.295. The molecular weight excluding hydrogens is 256 g/mol. The molecule has 0 aliphatic heterocycles. The molecule has 0 atom stereocenters. The maximum atomic E-state index is 8.82. The molecule has 0 fully saturated rings. The predicted molar refractivity (Wildman–Crippen MR) is 74.1 cm³/mol. The van der Waals surface area contributed by atoms with Crippen LogP contribution in [0.3, 0.4) is 0 Å². The third-order valence-corrected chi connectivity index (χ3v) is 2.42. The molecule has 0 amide bonds. The van der Waals surface area contributed by atoms with E-state index in [1.165, 1.54) is 0 Å². The first kappa shape index (κ1) is 13.5. The van der Waals surface area contributed by atoms with Crippen molar-refractivity contribution in [1.82, 2.24) is 15.0 Å². The Labute approximate surface area is 116 Å². The summed E-state index contributed by atoms with van der Waals surface area (Å²) in [4.78, 5) is 14.0. The van der Waals surface area contributed by atoms with Gasteiger partial charge in [-0.15, -0.1) is 0 Å². The lowest BCUT2D eigenvalue weighted by Crippen LogP contribution is -2.16. The average molecular weight is 270 g/mol. The normalized spacial score (nSPS) is 9.85. The Hall–Kier alpha value is -2.88. The van der Waals surface area contributed by atoms with Gasteiger partial charge in [-0.25, -0.2) is 0 Å². The molecule has 0 radical (unpaired) electrons. The van der Waals surface area contributed by atoms with Crippen LogP contribution in [0.15, 0.2) is 24.3 Å². The van der Waals surface area contributed by atoms with Gasteiger partial charge in [0.05, 0.1) is 11.6 Å². The molecule has 0 unspecified atom stereocenters. The molecule has 1 aromatic heterocycles. The van der Waals surface area contributed by atoms with E-state index >= 15 is 0 Å². The number of aromatic nitrogens is 3. The molecule has 2 rings (SSSR count). The molecule has 102 valence electrons. The minimum atomic E-state index is 0.146. The quantitative estimate of drug-likeness (QED) is 0.883. The molecule has 20 heavy (non-hydrogen) atoms. The molecule has 7 heteroatoms. The smallest absolute Gasteiger partial charge is 0.230 e. The Morgan fingerprint density at radius 2 is 2.10 bits per heavy atom. The van der Waals surface area contributed by atoms with Crippen molar-refractivity contribution in [2.45, 2.75) is 6.61 Å². The number of benzene rings is 1. The lowest BCUT2D eigenvalue weighted by atomic mass is 10.2. The van der Waals surface area contributed by atoms with Gasteiger partial charge in [0.1, 0.15) is 12.4 Å². The van der Waals surface area contributed by atoms with E-state index in [2.05, 4.69) is 21.0 Å². The highest BCUT2D eigenvalue weighted by atomic mass is 16.5. The molecule has 1 aromatic carbocycles. The summed E-state index contributed by atoms with van der Waals surface area (Å²) in [5, 5.41) is 8.82. The summed E-state index contributed by atoms with van der Waals surface area (Å²) in [5.41, 5.74) is 6.16. The van der Waals surface area contributed by atoms with E-state index in [1.54, 1.807) is 29.2 Å². The van der Waals surface area contributed by atoms with Crippen molar-refractivity contribution in [3.8, 4) is 11.8 Å². The molecule has 1 heterocycles. The first-order valence-corrected chi connectivity index (χ1v) is 5.89. The minimum Gasteiger partial charge on any atom is -0.486 e. The Balaban J connectivity index is 2.12.